The van der Waals surface area contributed by atoms with Crippen LogP contribution >= 0.6 is 45.3 Å². The van der Waals surface area contributed by atoms with E-state index in [0.29, 0.717) is 42.1 Å². The lowest BCUT2D eigenvalue weighted by molar-refractivity contribution is -0.124. The van der Waals surface area contributed by atoms with Gasteiger partial charge < -0.3 is 14.4 Å². The van der Waals surface area contributed by atoms with Crippen molar-refractivity contribution >= 4 is 90.4 Å². The largest absolute Gasteiger partial charge is 0.337 e. The topological polar surface area (TPSA) is 71.3 Å². The zero-order valence-corrected chi connectivity index (χ0v) is 60.1. The van der Waals surface area contributed by atoms with Crippen molar-refractivity contribution in [1.29, 1.82) is 0 Å². The van der Waals surface area contributed by atoms with E-state index >= 15 is 9.59 Å². The predicted molar refractivity (Wildman–Crippen MR) is 393 cm³/mol. The summed E-state index contributed by atoms with van der Waals surface area (Å²) < 4.78 is 2.74. The average Bonchev–Trinajstić information content (AvgIpc) is 1.60. The molecule has 7 heterocycles. The number of carbonyl (C=O) groups excluding carboxylic acids is 2. The van der Waals surface area contributed by atoms with E-state index in [9.17, 15) is 0 Å². The Kier molecular flexibility index (Phi) is 27.9. The first-order valence-electron chi connectivity index (χ1n) is 36.4. The zero-order valence-electron chi connectivity index (χ0n) is 56.8. The van der Waals surface area contributed by atoms with E-state index in [1.54, 1.807) is 45.3 Å². The highest BCUT2D eigenvalue weighted by molar-refractivity contribution is 7.24. The quantitative estimate of drug-likeness (QED) is 0.0357. The Labute approximate surface area is 559 Å². The van der Waals surface area contributed by atoms with Crippen molar-refractivity contribution in [2.24, 2.45) is 11.8 Å². The molecular formula is C79H111N5O2S4. The standard InChI is InChI=1S/C79H111N5O2S4/c1-9-15-21-27-29-33-39-59(37-31-23-17-11-3)55-82-74(67-47-49-69(88-67)76-80-53-58(8)87-76)72-73(79(82)86)75(83(78(72)85)56-60(38-32-24-18-12-4)40-34-30-28-22-16-10-2)68-48-50-70(89-68)77-81-54-71(90-77)61-44-46-64-63-45-43-57(7)51-65(63)84(66(64)52-61)62(41-35-25-19-13-5)42-36-26-20-14-6/h43-54,59-60,62H,9-42,55-56H2,1-8H3. The molecule has 7 aromatic rings. The molecule has 0 fully saturated rings. The third-order valence-corrected chi connectivity index (χ3v) is 24.0. The maximum absolute atomic E-state index is 16.2. The van der Waals surface area contributed by atoms with Crippen molar-refractivity contribution in [2.75, 3.05) is 13.1 Å². The van der Waals surface area contributed by atoms with Gasteiger partial charge in [0, 0.05) is 52.7 Å². The van der Waals surface area contributed by atoms with Crippen LogP contribution in [0.4, 0.5) is 0 Å². The summed E-state index contributed by atoms with van der Waals surface area (Å²) >= 11 is 6.87. The van der Waals surface area contributed by atoms with Crippen molar-refractivity contribution < 1.29 is 9.59 Å². The van der Waals surface area contributed by atoms with Gasteiger partial charge in [-0.1, -0.05) is 246 Å². The molecule has 0 bridgehead atoms. The number of carbonyl (C=O) groups is 2. The van der Waals surface area contributed by atoms with Gasteiger partial charge in [0.05, 0.1) is 52.4 Å². The van der Waals surface area contributed by atoms with Crippen LogP contribution in [0.1, 0.15) is 286 Å². The van der Waals surface area contributed by atoms with Crippen LogP contribution < -0.4 is 0 Å². The molecule has 0 saturated heterocycles. The molecule has 0 spiro atoms. The fraction of sp³-hybridized carbons (Fsp3) is 0.595. The third kappa shape index (κ3) is 18.0. The van der Waals surface area contributed by atoms with Gasteiger partial charge in [0.1, 0.15) is 10.0 Å². The third-order valence-electron chi connectivity index (χ3n) is 19.5. The minimum Gasteiger partial charge on any atom is -0.337 e. The first-order chi connectivity index (χ1) is 44.1. The fourth-order valence-electron chi connectivity index (χ4n) is 14.4. The summed E-state index contributed by atoms with van der Waals surface area (Å²) in [5.41, 5.74) is 8.09. The molecule has 2 unspecified atom stereocenters. The summed E-state index contributed by atoms with van der Waals surface area (Å²) in [5, 5.41) is 4.64. The van der Waals surface area contributed by atoms with Gasteiger partial charge in [-0.05, 0) is 112 Å². The number of rotatable bonds is 44. The van der Waals surface area contributed by atoms with Crippen LogP contribution in [-0.2, 0) is 9.59 Å². The van der Waals surface area contributed by atoms with Crippen molar-refractivity contribution in [3.63, 3.8) is 0 Å². The molecule has 9 rings (SSSR count). The number of aromatic nitrogens is 3. The van der Waals surface area contributed by atoms with Crippen LogP contribution in [0.15, 0.2) is 84.2 Å². The normalized spacial score (nSPS) is 14.4. The molecular weight excluding hydrogens is 1180 g/mol. The van der Waals surface area contributed by atoms with E-state index in [2.05, 4.69) is 137 Å². The number of amides is 2. The summed E-state index contributed by atoms with van der Waals surface area (Å²) in [5.74, 6) is 0.690. The van der Waals surface area contributed by atoms with Crippen molar-refractivity contribution in [2.45, 2.75) is 280 Å². The molecule has 5 aromatic heterocycles. The zero-order chi connectivity index (χ0) is 63.2. The minimum absolute atomic E-state index is 0.00132. The van der Waals surface area contributed by atoms with Gasteiger partial charge in [0.15, 0.2) is 0 Å². The summed E-state index contributed by atoms with van der Waals surface area (Å²) in [6.07, 6.45) is 45.7. The van der Waals surface area contributed by atoms with Crippen molar-refractivity contribution in [1.82, 2.24) is 24.3 Å². The SMILES string of the molecule is CCCCCCCCC(CCCCCC)CN1C(=O)C2=C(c3ccc(-c4ncc(-c5ccc6c7ccc(C)cc7n(C(CCCCCC)CCCCCC)c6c5)s4)s3)N(CC(CCCCCC)CCCCCCCC)C(=O)C2=C1c1ccc(-c2ncc(C)s2)s1. The van der Waals surface area contributed by atoms with Gasteiger partial charge in [0.2, 0.25) is 0 Å². The van der Waals surface area contributed by atoms with Crippen molar-refractivity contribution in [3.8, 4) is 30.2 Å². The van der Waals surface area contributed by atoms with Gasteiger partial charge in [-0.15, -0.1) is 45.3 Å². The number of nitrogens with zero attached hydrogens (tertiary/aromatic N) is 5. The number of fused-ring (bicyclic) bond motifs is 4. The van der Waals surface area contributed by atoms with E-state index in [1.807, 2.05) is 6.20 Å². The molecule has 488 valence electrons. The maximum atomic E-state index is 16.2. The number of thiazole rings is 2. The summed E-state index contributed by atoms with van der Waals surface area (Å²) in [6, 6.07) is 23.5. The van der Waals surface area contributed by atoms with Crippen LogP contribution in [0, 0.1) is 25.7 Å². The molecule has 0 N–H and O–H groups in total. The maximum Gasteiger partial charge on any atom is 0.261 e. The van der Waals surface area contributed by atoms with E-state index in [1.165, 1.54) is 230 Å². The Balaban J connectivity index is 1.12. The Hall–Kier alpha value is -4.68. The molecule has 90 heavy (non-hydrogen) atoms. The first-order valence-corrected chi connectivity index (χ1v) is 39.6. The highest BCUT2D eigenvalue weighted by atomic mass is 32.1. The van der Waals surface area contributed by atoms with Crippen LogP contribution in [0.3, 0.4) is 0 Å². The lowest BCUT2D eigenvalue weighted by Crippen LogP contribution is -2.34. The molecule has 2 aromatic carbocycles. The number of aryl methyl sites for hydroxylation is 2. The molecule has 11 heteroatoms. The summed E-state index contributed by atoms with van der Waals surface area (Å²) in [7, 11) is 0. The Morgan fingerprint density at radius 1 is 0.389 bits per heavy atom. The number of hydrogen-bond acceptors (Lipinski definition) is 8. The lowest BCUT2D eigenvalue weighted by Gasteiger charge is -2.29. The number of thiophene rings is 2. The average molecular weight is 1290 g/mol. The summed E-state index contributed by atoms with van der Waals surface area (Å²) in [4.78, 5) is 53.1. The molecule has 7 nitrogen and oxygen atoms in total. The first kappa shape index (κ1) is 69.7. The van der Waals surface area contributed by atoms with Gasteiger partial charge in [-0.2, -0.15) is 0 Å². The molecule has 2 amide bonds. The number of benzene rings is 2. The predicted octanol–water partition coefficient (Wildman–Crippen LogP) is 25.4. The second-order valence-corrected chi connectivity index (χ2v) is 31.4. The molecule has 0 saturated carbocycles. The smallest absolute Gasteiger partial charge is 0.261 e. The molecule has 2 atom stereocenters. The van der Waals surface area contributed by atoms with Gasteiger partial charge in [-0.3, -0.25) is 9.59 Å². The van der Waals surface area contributed by atoms with Crippen LogP contribution in [0.5, 0.6) is 0 Å². The monoisotopic (exact) mass is 1290 g/mol. The number of hydrogen-bond donors (Lipinski definition) is 0. The fourth-order valence-corrected chi connectivity index (χ4v) is 18.4. The van der Waals surface area contributed by atoms with E-state index in [0.717, 1.165) is 71.5 Å². The highest BCUT2D eigenvalue weighted by Gasteiger charge is 2.50. The van der Waals surface area contributed by atoms with Crippen LogP contribution in [0.25, 0.3) is 63.4 Å². The molecule has 0 aliphatic carbocycles. The molecule has 2 aliphatic heterocycles. The van der Waals surface area contributed by atoms with Gasteiger partial charge in [-0.25, -0.2) is 9.97 Å². The molecule has 0 radical (unpaired) electrons. The van der Waals surface area contributed by atoms with Crippen molar-refractivity contribution in [3.05, 3.63) is 104 Å². The lowest BCUT2D eigenvalue weighted by atomic mass is 9.93. The Morgan fingerprint density at radius 2 is 0.778 bits per heavy atom. The second-order valence-electron chi connectivity index (χ2n) is 26.9. The van der Waals surface area contributed by atoms with E-state index in [-0.39, 0.29) is 11.8 Å². The second kappa shape index (κ2) is 36.1. The van der Waals surface area contributed by atoms with Crippen LogP contribution in [0.2, 0.25) is 0 Å². The minimum atomic E-state index is 0.00132. The summed E-state index contributed by atoms with van der Waals surface area (Å²) in [6.45, 7) is 19.4. The van der Waals surface area contributed by atoms with E-state index in [4.69, 9.17) is 9.97 Å². The van der Waals surface area contributed by atoms with E-state index < -0.39 is 0 Å². The Bertz CT molecular complexity index is 3410. The highest BCUT2D eigenvalue weighted by Crippen LogP contribution is 2.52. The van der Waals surface area contributed by atoms with Gasteiger partial charge in [0.25, 0.3) is 11.8 Å². The van der Waals surface area contributed by atoms with Crippen LogP contribution in [-0.4, -0.2) is 49.2 Å². The Morgan fingerprint density at radius 3 is 1.23 bits per heavy atom. The van der Waals surface area contributed by atoms with Gasteiger partial charge >= 0.3 is 0 Å². The number of unbranched alkanes of at least 4 members (excludes halogenated alkanes) is 22. The molecule has 2 aliphatic rings.